The van der Waals surface area contributed by atoms with Crippen molar-refractivity contribution in [1.29, 1.82) is 0 Å². The molecule has 2 unspecified atom stereocenters. The van der Waals surface area contributed by atoms with Crippen molar-refractivity contribution in [3.63, 3.8) is 0 Å². The van der Waals surface area contributed by atoms with Crippen molar-refractivity contribution in [3.8, 4) is 0 Å². The number of amides is 2. The number of carboxylic acid groups (broad SMARTS) is 1. The summed E-state index contributed by atoms with van der Waals surface area (Å²) < 4.78 is 0. The molecule has 0 aliphatic carbocycles. The molecule has 2 amide bonds. The molecule has 7 nitrogen and oxygen atoms in total. The highest BCUT2D eigenvalue weighted by Gasteiger charge is 2.32. The number of rotatable bonds is 7. The van der Waals surface area contributed by atoms with Gasteiger partial charge in [-0.25, -0.2) is 4.79 Å². The van der Waals surface area contributed by atoms with Gasteiger partial charge in [-0.1, -0.05) is 37.6 Å². The fourth-order valence-electron chi connectivity index (χ4n) is 1.84. The fourth-order valence-corrected chi connectivity index (χ4v) is 2.07. The largest absolute Gasteiger partial charge is 0.479 e. The number of halogens is 1. The van der Waals surface area contributed by atoms with Crippen LogP contribution < -0.4 is 10.6 Å². The van der Waals surface area contributed by atoms with Gasteiger partial charge in [0, 0.05) is 0 Å². The Balaban J connectivity index is 2.80. The predicted octanol–water partition coefficient (Wildman–Crippen LogP) is 1.05. The van der Waals surface area contributed by atoms with Gasteiger partial charge in [0.15, 0.2) is 5.60 Å². The van der Waals surface area contributed by atoms with Gasteiger partial charge in [0.05, 0.1) is 17.1 Å². The third-order valence-electron chi connectivity index (χ3n) is 3.42. The lowest BCUT2D eigenvalue weighted by Crippen LogP contribution is -2.54. The van der Waals surface area contributed by atoms with E-state index in [0.29, 0.717) is 0 Å². The van der Waals surface area contributed by atoms with E-state index in [-0.39, 0.29) is 16.5 Å². The second-order valence-electron chi connectivity index (χ2n) is 5.97. The van der Waals surface area contributed by atoms with Gasteiger partial charge in [0.25, 0.3) is 5.91 Å². The van der Waals surface area contributed by atoms with Crippen LogP contribution in [-0.4, -0.2) is 46.2 Å². The molecule has 0 heterocycles. The number of aliphatic carboxylic acids is 1. The number of carbonyl (C=O) groups is 3. The fraction of sp³-hybridized carbons (Fsp3) is 0.438. The van der Waals surface area contributed by atoms with Crippen LogP contribution in [0.15, 0.2) is 24.3 Å². The molecule has 0 spiro atoms. The van der Waals surface area contributed by atoms with E-state index in [1.54, 1.807) is 32.0 Å². The van der Waals surface area contributed by atoms with Crippen molar-refractivity contribution >= 4 is 29.4 Å². The molecular formula is C16H21ClN2O5. The average molecular weight is 357 g/mol. The minimum atomic E-state index is -2.09. The summed E-state index contributed by atoms with van der Waals surface area (Å²) >= 11 is 5.96. The third kappa shape index (κ3) is 5.21. The first-order valence-electron chi connectivity index (χ1n) is 7.35. The normalized spacial score (nSPS) is 14.6. The van der Waals surface area contributed by atoms with Gasteiger partial charge in [0.2, 0.25) is 5.91 Å². The van der Waals surface area contributed by atoms with E-state index < -0.39 is 36.0 Å². The van der Waals surface area contributed by atoms with Gasteiger partial charge in [-0.2, -0.15) is 0 Å². The van der Waals surface area contributed by atoms with Crippen molar-refractivity contribution in [1.82, 2.24) is 10.6 Å². The van der Waals surface area contributed by atoms with Crippen LogP contribution in [0.1, 0.15) is 31.1 Å². The van der Waals surface area contributed by atoms with E-state index in [4.69, 9.17) is 16.7 Å². The Hall–Kier alpha value is -2.12. The van der Waals surface area contributed by atoms with Gasteiger partial charge >= 0.3 is 5.97 Å². The van der Waals surface area contributed by atoms with Crippen LogP contribution >= 0.6 is 11.6 Å². The second kappa shape index (κ2) is 8.12. The second-order valence-corrected chi connectivity index (χ2v) is 6.38. The van der Waals surface area contributed by atoms with Gasteiger partial charge in [0.1, 0.15) is 6.04 Å². The van der Waals surface area contributed by atoms with Gasteiger partial charge in [-0.3, -0.25) is 9.59 Å². The van der Waals surface area contributed by atoms with Gasteiger partial charge < -0.3 is 20.8 Å². The summed E-state index contributed by atoms with van der Waals surface area (Å²) in [6.07, 6.45) is 0. The molecule has 1 aromatic rings. The molecule has 132 valence electrons. The minimum absolute atomic E-state index is 0.232. The Morgan fingerprint density at radius 2 is 1.83 bits per heavy atom. The van der Waals surface area contributed by atoms with Crippen LogP contribution in [0.2, 0.25) is 5.02 Å². The molecule has 1 rings (SSSR count). The molecule has 8 heteroatoms. The Kier molecular flexibility index (Phi) is 6.74. The van der Waals surface area contributed by atoms with Crippen LogP contribution in [0, 0.1) is 5.92 Å². The minimum Gasteiger partial charge on any atom is -0.479 e. The third-order valence-corrected chi connectivity index (χ3v) is 3.75. The zero-order valence-electron chi connectivity index (χ0n) is 13.7. The molecule has 24 heavy (non-hydrogen) atoms. The Labute approximate surface area is 145 Å². The number of hydrogen-bond donors (Lipinski definition) is 4. The van der Waals surface area contributed by atoms with E-state index >= 15 is 0 Å². The number of aliphatic hydroxyl groups is 1. The van der Waals surface area contributed by atoms with Crippen LogP contribution in [0.3, 0.4) is 0 Å². The van der Waals surface area contributed by atoms with Gasteiger partial charge in [-0.15, -0.1) is 0 Å². The molecule has 0 aromatic heterocycles. The molecule has 0 saturated carbocycles. The summed E-state index contributed by atoms with van der Waals surface area (Å²) in [6, 6.07) is 5.51. The molecule has 1 aromatic carbocycles. The van der Waals surface area contributed by atoms with Crippen molar-refractivity contribution in [2.75, 3.05) is 6.54 Å². The highest BCUT2D eigenvalue weighted by Crippen LogP contribution is 2.15. The number of benzene rings is 1. The quantitative estimate of drug-likeness (QED) is 0.582. The molecule has 0 aliphatic rings. The summed E-state index contributed by atoms with van der Waals surface area (Å²) in [5.41, 5.74) is -1.86. The zero-order valence-corrected chi connectivity index (χ0v) is 14.4. The lowest BCUT2D eigenvalue weighted by Gasteiger charge is -2.24. The number of nitrogens with one attached hydrogen (secondary N) is 2. The SMILES string of the molecule is CC(C)C(NC(=O)c1ccccc1Cl)C(=O)NCC(C)(O)C(=O)O. The van der Waals surface area contributed by atoms with Crippen molar-refractivity contribution in [2.24, 2.45) is 5.92 Å². The van der Waals surface area contributed by atoms with Crippen molar-refractivity contribution < 1.29 is 24.6 Å². The first-order chi connectivity index (χ1) is 11.1. The monoisotopic (exact) mass is 356 g/mol. The first-order valence-corrected chi connectivity index (χ1v) is 7.73. The van der Waals surface area contributed by atoms with Crippen LogP contribution in [0.4, 0.5) is 0 Å². The molecule has 0 aliphatic heterocycles. The standard InChI is InChI=1S/C16H21ClN2O5/c1-9(2)12(14(21)18-8-16(3,24)15(22)23)19-13(20)10-6-4-5-7-11(10)17/h4-7,9,12,24H,8H2,1-3H3,(H,18,21)(H,19,20)(H,22,23). The number of carbonyl (C=O) groups excluding carboxylic acids is 2. The lowest BCUT2D eigenvalue weighted by atomic mass is 10.0. The molecule has 2 atom stereocenters. The Morgan fingerprint density at radius 1 is 1.25 bits per heavy atom. The lowest BCUT2D eigenvalue weighted by molar-refractivity contribution is -0.156. The van der Waals surface area contributed by atoms with Crippen LogP contribution in [0.5, 0.6) is 0 Å². The highest BCUT2D eigenvalue weighted by atomic mass is 35.5. The van der Waals surface area contributed by atoms with E-state index in [1.165, 1.54) is 6.07 Å². The Bertz CT molecular complexity index is 631. The molecule has 0 bridgehead atoms. The topological polar surface area (TPSA) is 116 Å². The summed E-state index contributed by atoms with van der Waals surface area (Å²) in [7, 11) is 0. The summed E-state index contributed by atoms with van der Waals surface area (Å²) in [5, 5.41) is 23.6. The highest BCUT2D eigenvalue weighted by molar-refractivity contribution is 6.33. The van der Waals surface area contributed by atoms with E-state index in [0.717, 1.165) is 6.92 Å². The van der Waals surface area contributed by atoms with Gasteiger partial charge in [-0.05, 0) is 25.0 Å². The average Bonchev–Trinajstić information content (AvgIpc) is 2.50. The maximum atomic E-state index is 12.3. The number of carboxylic acids is 1. The molecule has 0 radical (unpaired) electrons. The van der Waals surface area contributed by atoms with Crippen LogP contribution in [0.25, 0.3) is 0 Å². The maximum Gasteiger partial charge on any atom is 0.337 e. The zero-order chi connectivity index (χ0) is 18.5. The Morgan fingerprint density at radius 3 is 2.33 bits per heavy atom. The molecule has 4 N–H and O–H groups in total. The molecule has 0 fully saturated rings. The first kappa shape index (κ1) is 19.9. The maximum absolute atomic E-state index is 12.3. The van der Waals surface area contributed by atoms with Crippen molar-refractivity contribution in [3.05, 3.63) is 34.9 Å². The van der Waals surface area contributed by atoms with Crippen LogP contribution in [-0.2, 0) is 9.59 Å². The summed E-state index contributed by atoms with van der Waals surface area (Å²) in [5.74, 6) is -2.82. The van der Waals surface area contributed by atoms with E-state index in [1.807, 2.05) is 0 Å². The van der Waals surface area contributed by atoms with E-state index in [9.17, 15) is 19.5 Å². The molecular weight excluding hydrogens is 336 g/mol. The predicted molar refractivity (Wildman–Crippen MR) is 88.8 cm³/mol. The van der Waals surface area contributed by atoms with E-state index in [2.05, 4.69) is 10.6 Å². The smallest absolute Gasteiger partial charge is 0.337 e. The summed E-state index contributed by atoms with van der Waals surface area (Å²) in [4.78, 5) is 35.4. The van der Waals surface area contributed by atoms with Crippen molar-refractivity contribution in [2.45, 2.75) is 32.4 Å². The molecule has 0 saturated heterocycles. The number of hydrogen-bond acceptors (Lipinski definition) is 4. The summed E-state index contributed by atoms with van der Waals surface area (Å²) in [6.45, 7) is 4.05.